The molecule has 0 bridgehead atoms. The average Bonchev–Trinajstić information content (AvgIpc) is 3.34. The topological polar surface area (TPSA) is 114 Å². The van der Waals surface area contributed by atoms with Crippen molar-refractivity contribution in [2.45, 2.75) is 88.8 Å². The Bertz CT molecular complexity index is 1260. The van der Waals surface area contributed by atoms with Crippen molar-refractivity contribution in [1.29, 1.82) is 0 Å². The zero-order chi connectivity index (χ0) is 30.5. The summed E-state index contributed by atoms with van der Waals surface area (Å²) in [6, 6.07) is 0. The Hall–Kier alpha value is -2.99. The third-order valence-corrected chi connectivity index (χ3v) is 10.2. The first-order valence-corrected chi connectivity index (χ1v) is 16.7. The van der Waals surface area contributed by atoms with Crippen LogP contribution in [0.25, 0.3) is 0 Å². The lowest BCUT2D eigenvalue weighted by atomic mass is 9.81. The highest BCUT2D eigenvalue weighted by Crippen LogP contribution is 2.43. The van der Waals surface area contributed by atoms with Crippen LogP contribution in [-0.2, 0) is 10.3 Å². The van der Waals surface area contributed by atoms with E-state index in [1.807, 2.05) is 4.90 Å². The molecule has 242 valence electrons. The van der Waals surface area contributed by atoms with Gasteiger partial charge in [0.2, 0.25) is 0 Å². The van der Waals surface area contributed by atoms with E-state index in [0.29, 0.717) is 49.0 Å². The van der Waals surface area contributed by atoms with Gasteiger partial charge in [0.05, 0.1) is 36.8 Å². The number of nitrogens with two attached hydrogens (primary N) is 1. The molecule has 44 heavy (non-hydrogen) atoms. The number of piperidine rings is 1. The summed E-state index contributed by atoms with van der Waals surface area (Å²) in [4.78, 5) is 22.3. The number of morpholine rings is 1. The Kier molecular flexibility index (Phi) is 9.85. The van der Waals surface area contributed by atoms with Crippen molar-refractivity contribution in [2.24, 2.45) is 5.92 Å². The van der Waals surface area contributed by atoms with Crippen LogP contribution in [0, 0.1) is 11.7 Å². The van der Waals surface area contributed by atoms with E-state index >= 15 is 8.78 Å². The van der Waals surface area contributed by atoms with Gasteiger partial charge in [0, 0.05) is 39.3 Å². The van der Waals surface area contributed by atoms with E-state index in [9.17, 15) is 4.79 Å². The molecule has 0 aromatic carbocycles. The number of ether oxygens (including phenoxy) is 1. The molecule has 1 aliphatic carbocycles. The molecular formula is C32H48F2N8O2. The molecule has 3 aliphatic heterocycles. The summed E-state index contributed by atoms with van der Waals surface area (Å²) in [5, 5.41) is 10.6. The van der Waals surface area contributed by atoms with E-state index < -0.39 is 23.4 Å². The van der Waals surface area contributed by atoms with Gasteiger partial charge in [0.25, 0.3) is 5.91 Å². The molecule has 1 unspecified atom stereocenters. The summed E-state index contributed by atoms with van der Waals surface area (Å²) in [6.45, 7) is 5.97. The Labute approximate surface area is 259 Å². The molecule has 1 saturated carbocycles. The summed E-state index contributed by atoms with van der Waals surface area (Å²) in [7, 11) is 0. The number of anilines is 4. The molecule has 10 nitrogen and oxygen atoms in total. The van der Waals surface area contributed by atoms with Crippen molar-refractivity contribution < 1.29 is 18.3 Å². The predicted octanol–water partition coefficient (Wildman–Crippen LogP) is 5.17. The van der Waals surface area contributed by atoms with E-state index in [1.54, 1.807) is 4.68 Å². The van der Waals surface area contributed by atoms with Crippen LogP contribution in [-0.4, -0.2) is 84.2 Å². The number of carbonyl (C=O) groups is 1. The number of alkyl halides is 1. The number of amides is 1. The van der Waals surface area contributed by atoms with Gasteiger partial charge in [-0.1, -0.05) is 51.4 Å². The maximum atomic E-state index is 15.9. The number of aromatic nitrogens is 3. The first-order chi connectivity index (χ1) is 21.5. The van der Waals surface area contributed by atoms with Crippen molar-refractivity contribution in [3.05, 3.63) is 23.8 Å². The first-order valence-electron chi connectivity index (χ1n) is 16.7. The standard InChI is InChI=1S/C32H48F2N8O2/c33-24-19-36-20-25(28(24)41-13-9-23(10-14-41)22-40-15-17-44-18-16-40)38-31(43)27-29(35)39-42-30(27)37-21-26(34)32(42)11-7-5-3-1-2-4-6-8-12-32/h19-20,23,26,37H,1-18,21-22H2,(H2,35,39)(H,38,43). The third-order valence-electron chi connectivity index (χ3n) is 10.2. The predicted molar refractivity (Wildman–Crippen MR) is 169 cm³/mol. The summed E-state index contributed by atoms with van der Waals surface area (Å²) < 4.78 is 38.3. The number of hydrogen-bond acceptors (Lipinski definition) is 8. The van der Waals surface area contributed by atoms with Gasteiger partial charge in [-0.15, -0.1) is 0 Å². The molecule has 4 aliphatic rings. The number of carbonyl (C=O) groups excluding carboxylic acids is 1. The molecule has 2 aromatic rings. The fraction of sp³-hybridized carbons (Fsp3) is 0.719. The van der Waals surface area contributed by atoms with Crippen LogP contribution in [0.5, 0.6) is 0 Å². The number of nitrogens with zero attached hydrogens (tertiary/aromatic N) is 5. The fourth-order valence-electron chi connectivity index (χ4n) is 7.74. The lowest BCUT2D eigenvalue weighted by molar-refractivity contribution is 0.0289. The van der Waals surface area contributed by atoms with Crippen molar-refractivity contribution in [1.82, 2.24) is 19.7 Å². The molecule has 5 heterocycles. The summed E-state index contributed by atoms with van der Waals surface area (Å²) in [5.74, 6) is 0.0433. The van der Waals surface area contributed by atoms with E-state index in [1.165, 1.54) is 25.2 Å². The SMILES string of the molecule is Nc1nn2c(c1C(=O)Nc1cncc(F)c1N1CCC(CN3CCOCC3)CC1)NCC(F)C21CCCCCCCCCC1. The first kappa shape index (κ1) is 31.0. The number of nitrogen functional groups attached to an aromatic ring is 1. The quantitative estimate of drug-likeness (QED) is 0.423. The van der Waals surface area contributed by atoms with E-state index in [4.69, 9.17) is 10.5 Å². The van der Waals surface area contributed by atoms with Gasteiger partial charge in [-0.3, -0.25) is 14.7 Å². The van der Waals surface area contributed by atoms with Crippen molar-refractivity contribution >= 4 is 28.9 Å². The largest absolute Gasteiger partial charge is 0.381 e. The Balaban J connectivity index is 1.20. The van der Waals surface area contributed by atoms with Gasteiger partial charge in [-0.05, 0) is 31.6 Å². The highest BCUT2D eigenvalue weighted by molar-refractivity contribution is 6.12. The maximum absolute atomic E-state index is 15.9. The number of rotatable bonds is 5. The molecule has 3 fully saturated rings. The minimum atomic E-state index is -1.14. The molecule has 6 rings (SSSR count). The summed E-state index contributed by atoms with van der Waals surface area (Å²) in [6.07, 6.45) is 13.4. The zero-order valence-electron chi connectivity index (χ0n) is 25.8. The van der Waals surface area contributed by atoms with Gasteiger partial charge in [0.1, 0.15) is 23.2 Å². The third kappa shape index (κ3) is 6.51. The summed E-state index contributed by atoms with van der Waals surface area (Å²) >= 11 is 0. The number of hydrogen-bond donors (Lipinski definition) is 3. The Morgan fingerprint density at radius 3 is 2.36 bits per heavy atom. The maximum Gasteiger partial charge on any atom is 0.263 e. The average molecular weight is 615 g/mol. The highest BCUT2D eigenvalue weighted by Gasteiger charge is 2.47. The molecule has 2 saturated heterocycles. The molecule has 2 aromatic heterocycles. The van der Waals surface area contributed by atoms with Crippen LogP contribution in [0.3, 0.4) is 0 Å². The second kappa shape index (κ2) is 14.0. The van der Waals surface area contributed by atoms with E-state index in [2.05, 4.69) is 25.6 Å². The Morgan fingerprint density at radius 2 is 1.68 bits per heavy atom. The van der Waals surface area contributed by atoms with Crippen LogP contribution >= 0.6 is 0 Å². The second-order valence-electron chi connectivity index (χ2n) is 13.1. The van der Waals surface area contributed by atoms with Gasteiger partial charge < -0.3 is 26.0 Å². The summed E-state index contributed by atoms with van der Waals surface area (Å²) in [5.41, 5.74) is 6.37. The van der Waals surface area contributed by atoms with E-state index in [0.717, 1.165) is 84.2 Å². The normalized spacial score (nSPS) is 23.9. The van der Waals surface area contributed by atoms with Crippen LogP contribution in [0.4, 0.5) is 31.8 Å². The fourth-order valence-corrected chi connectivity index (χ4v) is 7.74. The molecular weight excluding hydrogens is 566 g/mol. The number of nitrogens with one attached hydrogen (secondary N) is 2. The van der Waals surface area contributed by atoms with Gasteiger partial charge >= 0.3 is 0 Å². The van der Waals surface area contributed by atoms with Crippen molar-refractivity contribution in [3.63, 3.8) is 0 Å². The monoisotopic (exact) mass is 614 g/mol. The minimum Gasteiger partial charge on any atom is -0.381 e. The smallest absolute Gasteiger partial charge is 0.263 e. The van der Waals surface area contributed by atoms with Crippen molar-refractivity contribution in [2.75, 3.05) is 73.7 Å². The molecule has 12 heteroatoms. The number of pyridine rings is 1. The van der Waals surface area contributed by atoms with Gasteiger partial charge in [0.15, 0.2) is 11.6 Å². The molecule has 1 spiro atoms. The number of fused-ring (bicyclic) bond motifs is 2. The number of halogens is 2. The van der Waals surface area contributed by atoms with Crippen LogP contribution < -0.4 is 21.3 Å². The van der Waals surface area contributed by atoms with Crippen LogP contribution in [0.15, 0.2) is 12.4 Å². The van der Waals surface area contributed by atoms with E-state index in [-0.39, 0.29) is 17.9 Å². The molecule has 1 atom stereocenters. The van der Waals surface area contributed by atoms with Gasteiger partial charge in [-0.2, -0.15) is 5.10 Å². The molecule has 1 amide bonds. The Morgan fingerprint density at radius 1 is 1.02 bits per heavy atom. The lowest BCUT2D eigenvalue weighted by Crippen LogP contribution is -2.51. The molecule has 4 N–H and O–H groups in total. The van der Waals surface area contributed by atoms with Crippen molar-refractivity contribution in [3.8, 4) is 0 Å². The molecule has 0 radical (unpaired) electrons. The van der Waals surface area contributed by atoms with Crippen LogP contribution in [0.1, 0.15) is 87.4 Å². The minimum absolute atomic E-state index is 0.0441. The highest BCUT2D eigenvalue weighted by atomic mass is 19.1. The zero-order valence-corrected chi connectivity index (χ0v) is 25.8. The second-order valence-corrected chi connectivity index (χ2v) is 13.1. The van der Waals surface area contributed by atoms with Crippen LogP contribution in [0.2, 0.25) is 0 Å². The van der Waals surface area contributed by atoms with Gasteiger partial charge in [-0.25, -0.2) is 13.5 Å². The lowest BCUT2D eigenvalue weighted by Gasteiger charge is -2.42.